The van der Waals surface area contributed by atoms with Crippen LogP contribution >= 0.6 is 0 Å². The first-order valence-electron chi connectivity index (χ1n) is 10.7. The number of ether oxygens (including phenoxy) is 3. The fraction of sp³-hybridized carbons (Fsp3) is 0.895. The largest absolute Gasteiger partial charge is 0.394 e. The van der Waals surface area contributed by atoms with Crippen molar-refractivity contribution < 1.29 is 64.7 Å². The lowest BCUT2D eigenvalue weighted by atomic mass is 9.89. The van der Waals surface area contributed by atoms with E-state index in [1.54, 1.807) is 0 Å². The minimum atomic E-state index is -2.32. The summed E-state index contributed by atoms with van der Waals surface area (Å²) in [5.41, 5.74) is 0. The van der Waals surface area contributed by atoms with Gasteiger partial charge in [0.15, 0.2) is 12.1 Å². The average molecular weight is 498 g/mol. The maximum Gasteiger partial charge on any atom is 0.217 e. The zero-order valence-electron chi connectivity index (χ0n) is 18.7. The number of aliphatic hydroxyl groups excluding tert-OH is 7. The molecule has 34 heavy (non-hydrogen) atoms. The van der Waals surface area contributed by atoms with Gasteiger partial charge in [-0.15, -0.1) is 0 Å². The van der Waals surface area contributed by atoms with Gasteiger partial charge in [-0.2, -0.15) is 0 Å². The molecule has 11 atom stereocenters. The molecule has 0 bridgehead atoms. The number of carbonyl (C=O) groups excluding carboxylic acids is 2. The monoisotopic (exact) mass is 498 g/mol. The first kappa shape index (κ1) is 28.7. The summed E-state index contributed by atoms with van der Waals surface area (Å²) in [5.74, 6) is -3.52. The quantitative estimate of drug-likeness (QED) is 0.142. The maximum atomic E-state index is 11.5. The van der Waals surface area contributed by atoms with Crippen LogP contribution in [0.3, 0.4) is 0 Å². The van der Waals surface area contributed by atoms with Gasteiger partial charge in [0.1, 0.15) is 49.3 Å². The van der Waals surface area contributed by atoms with Crippen LogP contribution in [0.25, 0.3) is 0 Å². The lowest BCUT2D eigenvalue weighted by Gasteiger charge is -2.47. The number of aliphatic hydroxyl groups is 8. The van der Waals surface area contributed by atoms with Gasteiger partial charge in [-0.1, -0.05) is 0 Å². The highest BCUT2D eigenvalue weighted by atomic mass is 16.7. The molecule has 0 radical (unpaired) electrons. The van der Waals surface area contributed by atoms with Crippen molar-refractivity contribution in [3.05, 3.63) is 0 Å². The van der Waals surface area contributed by atoms with E-state index in [1.165, 1.54) is 0 Å². The van der Waals surface area contributed by atoms with Crippen LogP contribution in [-0.2, 0) is 23.8 Å². The molecule has 15 nitrogen and oxygen atoms in total. The predicted octanol–water partition coefficient (Wildman–Crippen LogP) is -6.00. The number of rotatable bonds is 9. The van der Waals surface area contributed by atoms with Crippen LogP contribution in [0, 0.1) is 0 Å². The molecule has 10 N–H and O–H groups in total. The van der Waals surface area contributed by atoms with E-state index in [0.717, 1.165) is 13.8 Å². The molecule has 0 aromatic carbocycles. The van der Waals surface area contributed by atoms with E-state index >= 15 is 0 Å². The molecule has 2 amide bonds. The van der Waals surface area contributed by atoms with Gasteiger partial charge in [-0.25, -0.2) is 0 Å². The van der Waals surface area contributed by atoms with Gasteiger partial charge in [0.25, 0.3) is 0 Å². The molecule has 2 heterocycles. The number of hydrogen-bond donors (Lipinski definition) is 10. The van der Waals surface area contributed by atoms with Crippen LogP contribution in [0.4, 0.5) is 0 Å². The summed E-state index contributed by atoms with van der Waals surface area (Å²) in [5, 5.41) is 85.3. The van der Waals surface area contributed by atoms with Crippen molar-refractivity contribution in [3.8, 4) is 0 Å². The zero-order valence-corrected chi connectivity index (χ0v) is 18.7. The van der Waals surface area contributed by atoms with E-state index < -0.39 is 105 Å². The van der Waals surface area contributed by atoms with E-state index in [0.29, 0.717) is 0 Å². The third kappa shape index (κ3) is 6.79. The lowest BCUT2D eigenvalue weighted by molar-refractivity contribution is -0.342. The van der Waals surface area contributed by atoms with Crippen molar-refractivity contribution >= 4 is 11.8 Å². The second-order valence-electron chi connectivity index (χ2n) is 8.51. The Morgan fingerprint density at radius 1 is 1.06 bits per heavy atom. The Kier molecular flexibility index (Phi) is 10.1. The van der Waals surface area contributed by atoms with Crippen LogP contribution in [0.2, 0.25) is 0 Å². The Bertz CT molecular complexity index is 699. The highest BCUT2D eigenvalue weighted by molar-refractivity contribution is 5.73. The van der Waals surface area contributed by atoms with Crippen LogP contribution in [0.1, 0.15) is 20.3 Å². The topological polar surface area (TPSA) is 248 Å². The standard InChI is InChI=1S/C19H34N2O13/c1-7(24)20-12-9(26)3-19(31,34-17(12)14(28)10(27)4-22)6-32-18-13(21-8(2)25)16(30)15(29)11(5-23)33-18/h9-18,22-23,26-31H,3-6H2,1-2H3,(H,20,24)(H,21,25)/t9-,10+,11+,12+,13+,14+,15-,16+,17+,18?,19-/m0/s1. The summed E-state index contributed by atoms with van der Waals surface area (Å²) in [4.78, 5) is 23.1. The molecule has 198 valence electrons. The summed E-state index contributed by atoms with van der Waals surface area (Å²) >= 11 is 0. The molecule has 0 aliphatic carbocycles. The van der Waals surface area contributed by atoms with Gasteiger partial charge in [0.05, 0.1) is 25.4 Å². The normalized spacial score (nSPS) is 40.3. The minimum Gasteiger partial charge on any atom is -0.394 e. The average Bonchev–Trinajstić information content (AvgIpc) is 2.76. The molecule has 0 spiro atoms. The molecule has 2 aliphatic rings. The van der Waals surface area contributed by atoms with Gasteiger partial charge < -0.3 is 65.7 Å². The van der Waals surface area contributed by atoms with E-state index in [4.69, 9.17) is 19.3 Å². The third-order valence-corrected chi connectivity index (χ3v) is 5.66. The second kappa shape index (κ2) is 12.0. The molecule has 0 aromatic heterocycles. The van der Waals surface area contributed by atoms with Crippen molar-refractivity contribution in [1.82, 2.24) is 10.6 Å². The molecule has 2 fully saturated rings. The fourth-order valence-electron chi connectivity index (χ4n) is 3.99. The molecule has 2 rings (SSSR count). The van der Waals surface area contributed by atoms with Crippen molar-refractivity contribution in [2.45, 2.75) is 87.2 Å². The zero-order chi connectivity index (χ0) is 25.8. The Labute approximate surface area is 194 Å². The lowest BCUT2D eigenvalue weighted by Crippen LogP contribution is -2.67. The first-order valence-corrected chi connectivity index (χ1v) is 10.7. The predicted molar refractivity (Wildman–Crippen MR) is 108 cm³/mol. The van der Waals surface area contributed by atoms with Gasteiger partial charge >= 0.3 is 0 Å². The van der Waals surface area contributed by atoms with Gasteiger partial charge in [-0.05, 0) is 0 Å². The van der Waals surface area contributed by atoms with Crippen LogP contribution in [-0.4, -0.2) is 139 Å². The van der Waals surface area contributed by atoms with Gasteiger partial charge in [0, 0.05) is 20.3 Å². The van der Waals surface area contributed by atoms with Gasteiger partial charge in [-0.3, -0.25) is 9.59 Å². The summed E-state index contributed by atoms with van der Waals surface area (Å²) in [6.07, 6.45) is -13.1. The van der Waals surface area contributed by atoms with Crippen LogP contribution in [0.5, 0.6) is 0 Å². The van der Waals surface area contributed by atoms with Crippen LogP contribution < -0.4 is 10.6 Å². The highest BCUT2D eigenvalue weighted by Gasteiger charge is 2.52. The Balaban J connectivity index is 2.21. The van der Waals surface area contributed by atoms with Crippen molar-refractivity contribution in [1.29, 1.82) is 0 Å². The molecule has 1 unspecified atom stereocenters. The van der Waals surface area contributed by atoms with E-state index in [1.807, 2.05) is 0 Å². The van der Waals surface area contributed by atoms with Crippen LogP contribution in [0.15, 0.2) is 0 Å². The smallest absolute Gasteiger partial charge is 0.217 e. The molecule has 15 heteroatoms. The molecule has 0 aromatic rings. The SMILES string of the molecule is CC(=O)N[C@H]1[C@H]([C@H](O)[C@H](O)CO)O[C@](O)(COC2O[C@H](CO)[C@H](O)[C@H](O)[C@H]2NC(C)=O)C[C@@H]1O. The second-order valence-corrected chi connectivity index (χ2v) is 8.51. The summed E-state index contributed by atoms with van der Waals surface area (Å²) in [6.45, 7) is -0.0610. The Morgan fingerprint density at radius 3 is 2.18 bits per heavy atom. The van der Waals surface area contributed by atoms with Crippen molar-refractivity contribution in [3.63, 3.8) is 0 Å². The number of nitrogens with one attached hydrogen (secondary N) is 2. The number of carbonyl (C=O) groups is 2. The van der Waals surface area contributed by atoms with E-state index in [9.17, 15) is 45.3 Å². The molecule has 2 saturated heterocycles. The van der Waals surface area contributed by atoms with Crippen molar-refractivity contribution in [2.75, 3.05) is 19.8 Å². The summed E-state index contributed by atoms with van der Waals surface area (Å²) < 4.78 is 16.4. The summed E-state index contributed by atoms with van der Waals surface area (Å²) in [7, 11) is 0. The molecular formula is C19H34N2O13. The third-order valence-electron chi connectivity index (χ3n) is 5.66. The Hall–Kier alpha value is -1.50. The Morgan fingerprint density at radius 2 is 1.65 bits per heavy atom. The number of hydrogen-bond acceptors (Lipinski definition) is 13. The maximum absolute atomic E-state index is 11.5. The molecule has 2 aliphatic heterocycles. The minimum absolute atomic E-state index is 0.539. The van der Waals surface area contributed by atoms with E-state index in [2.05, 4.69) is 10.6 Å². The molecular weight excluding hydrogens is 464 g/mol. The fourth-order valence-corrected chi connectivity index (χ4v) is 3.99. The summed E-state index contributed by atoms with van der Waals surface area (Å²) in [6, 6.07) is -2.57. The molecule has 0 saturated carbocycles. The number of amides is 2. The van der Waals surface area contributed by atoms with Gasteiger partial charge in [0.2, 0.25) is 11.8 Å². The van der Waals surface area contributed by atoms with Crippen molar-refractivity contribution in [2.24, 2.45) is 0 Å². The first-order chi connectivity index (χ1) is 15.8. The highest BCUT2D eigenvalue weighted by Crippen LogP contribution is 2.32. The van der Waals surface area contributed by atoms with E-state index in [-0.39, 0.29) is 0 Å².